The van der Waals surface area contributed by atoms with Crippen LogP contribution in [0, 0.1) is 19.7 Å². The van der Waals surface area contributed by atoms with Gasteiger partial charge in [0.15, 0.2) is 11.5 Å². The van der Waals surface area contributed by atoms with Gasteiger partial charge in [-0.15, -0.1) is 0 Å². The van der Waals surface area contributed by atoms with E-state index in [4.69, 9.17) is 9.47 Å². The fraction of sp³-hybridized carbons (Fsp3) is 0.143. The number of nitrogens with one attached hydrogen (secondary N) is 1. The number of hydrogen-bond donors (Lipinski definition) is 1. The maximum Gasteiger partial charge on any atom is 0.271 e. The zero-order valence-corrected chi connectivity index (χ0v) is 15.4. The standard InChI is InChI=1S/C21H18FN3O3/c1-13-9-16(14(2)25(13)18-6-4-17(22)5-7-18)11-23-24-21(26)15-3-8-19-20(10-15)28-12-27-19/h3-11H,12H2,1-2H3,(H,24,26)/b23-11-. The van der Waals surface area contributed by atoms with Gasteiger partial charge in [0.2, 0.25) is 6.79 Å². The van der Waals surface area contributed by atoms with Crippen LogP contribution in [0.5, 0.6) is 11.5 Å². The van der Waals surface area contributed by atoms with E-state index < -0.39 is 0 Å². The molecule has 2 heterocycles. The molecule has 1 aromatic heterocycles. The number of hydrazone groups is 1. The third-order valence-electron chi connectivity index (χ3n) is 4.56. The average Bonchev–Trinajstić information content (AvgIpc) is 3.26. The molecule has 142 valence electrons. The molecule has 0 saturated carbocycles. The summed E-state index contributed by atoms with van der Waals surface area (Å²) in [5.74, 6) is 0.536. The number of aryl methyl sites for hydroxylation is 1. The van der Waals surface area contributed by atoms with Crippen LogP contribution in [-0.2, 0) is 0 Å². The summed E-state index contributed by atoms with van der Waals surface area (Å²) in [5.41, 5.74) is 6.58. The molecular weight excluding hydrogens is 361 g/mol. The van der Waals surface area contributed by atoms with Crippen LogP contribution in [0.15, 0.2) is 53.6 Å². The van der Waals surface area contributed by atoms with Crippen molar-refractivity contribution in [3.05, 3.63) is 76.9 Å². The van der Waals surface area contributed by atoms with E-state index in [0.29, 0.717) is 17.1 Å². The number of benzene rings is 2. The highest BCUT2D eigenvalue weighted by molar-refractivity contribution is 5.95. The second-order valence-electron chi connectivity index (χ2n) is 6.41. The third-order valence-corrected chi connectivity index (χ3v) is 4.56. The molecule has 1 amide bonds. The van der Waals surface area contributed by atoms with E-state index in [1.54, 1.807) is 36.5 Å². The molecule has 0 fully saturated rings. The van der Waals surface area contributed by atoms with Gasteiger partial charge in [0.25, 0.3) is 5.91 Å². The van der Waals surface area contributed by atoms with Gasteiger partial charge in [-0.1, -0.05) is 0 Å². The van der Waals surface area contributed by atoms with Crippen LogP contribution in [0.3, 0.4) is 0 Å². The second kappa shape index (κ2) is 7.19. The summed E-state index contributed by atoms with van der Waals surface area (Å²) in [6, 6.07) is 13.2. The lowest BCUT2D eigenvalue weighted by Gasteiger charge is -2.09. The van der Waals surface area contributed by atoms with E-state index >= 15 is 0 Å². The average molecular weight is 379 g/mol. The van der Waals surface area contributed by atoms with Crippen LogP contribution in [-0.4, -0.2) is 23.5 Å². The topological polar surface area (TPSA) is 64.8 Å². The minimum absolute atomic E-state index is 0.155. The Bertz CT molecular complexity index is 1070. The summed E-state index contributed by atoms with van der Waals surface area (Å²) in [6.07, 6.45) is 1.59. The van der Waals surface area contributed by atoms with Crippen molar-refractivity contribution in [3.63, 3.8) is 0 Å². The fourth-order valence-corrected chi connectivity index (χ4v) is 3.17. The lowest BCUT2D eigenvalue weighted by molar-refractivity contribution is 0.0954. The van der Waals surface area contributed by atoms with Crippen molar-refractivity contribution >= 4 is 12.1 Å². The molecule has 3 aromatic rings. The molecule has 2 aromatic carbocycles. The van der Waals surface area contributed by atoms with Crippen LogP contribution in [0.4, 0.5) is 4.39 Å². The summed E-state index contributed by atoms with van der Waals surface area (Å²) in [5, 5.41) is 4.06. The highest BCUT2D eigenvalue weighted by atomic mass is 19.1. The number of rotatable bonds is 4. The summed E-state index contributed by atoms with van der Waals surface area (Å²) in [7, 11) is 0. The largest absolute Gasteiger partial charge is 0.454 e. The molecule has 4 rings (SSSR count). The Labute approximate surface area is 161 Å². The Kier molecular flexibility index (Phi) is 4.57. The first-order valence-electron chi connectivity index (χ1n) is 8.71. The van der Waals surface area contributed by atoms with E-state index in [1.165, 1.54) is 12.1 Å². The Morgan fingerprint density at radius 1 is 1.11 bits per heavy atom. The number of aromatic nitrogens is 1. The minimum atomic E-state index is -0.345. The predicted molar refractivity (Wildman–Crippen MR) is 103 cm³/mol. The van der Waals surface area contributed by atoms with Crippen molar-refractivity contribution < 1.29 is 18.7 Å². The number of fused-ring (bicyclic) bond motifs is 1. The number of halogens is 1. The van der Waals surface area contributed by atoms with Crippen molar-refractivity contribution in [1.29, 1.82) is 0 Å². The number of carbonyl (C=O) groups is 1. The van der Waals surface area contributed by atoms with Crippen LogP contribution < -0.4 is 14.9 Å². The zero-order valence-electron chi connectivity index (χ0n) is 15.4. The lowest BCUT2D eigenvalue weighted by Crippen LogP contribution is -2.17. The summed E-state index contributed by atoms with van der Waals surface area (Å²) in [6.45, 7) is 4.05. The van der Waals surface area contributed by atoms with Gasteiger partial charge < -0.3 is 14.0 Å². The van der Waals surface area contributed by atoms with Gasteiger partial charge in [-0.3, -0.25) is 4.79 Å². The first kappa shape index (κ1) is 17.8. The zero-order chi connectivity index (χ0) is 19.7. The van der Waals surface area contributed by atoms with Crippen molar-refractivity contribution in [3.8, 4) is 17.2 Å². The number of nitrogens with zero attached hydrogens (tertiary/aromatic N) is 2. The normalized spacial score (nSPS) is 12.5. The monoisotopic (exact) mass is 379 g/mol. The van der Waals surface area contributed by atoms with Gasteiger partial charge in [0.1, 0.15) is 5.82 Å². The third kappa shape index (κ3) is 3.34. The van der Waals surface area contributed by atoms with E-state index in [0.717, 1.165) is 22.6 Å². The molecule has 6 nitrogen and oxygen atoms in total. The summed E-state index contributed by atoms with van der Waals surface area (Å²) >= 11 is 0. The van der Waals surface area contributed by atoms with E-state index in [1.807, 2.05) is 24.5 Å². The second-order valence-corrected chi connectivity index (χ2v) is 6.41. The summed E-state index contributed by atoms with van der Waals surface area (Å²) in [4.78, 5) is 12.3. The van der Waals surface area contributed by atoms with E-state index in [9.17, 15) is 9.18 Å². The smallest absolute Gasteiger partial charge is 0.271 e. The van der Waals surface area contributed by atoms with Gasteiger partial charge >= 0.3 is 0 Å². The maximum atomic E-state index is 13.2. The first-order valence-corrected chi connectivity index (χ1v) is 8.71. The molecule has 1 N–H and O–H groups in total. The molecule has 7 heteroatoms. The Morgan fingerprint density at radius 3 is 2.64 bits per heavy atom. The van der Waals surface area contributed by atoms with E-state index in [2.05, 4.69) is 10.5 Å². The fourth-order valence-electron chi connectivity index (χ4n) is 3.17. The SMILES string of the molecule is Cc1cc(/C=N\NC(=O)c2ccc3c(c2)OCO3)c(C)n1-c1ccc(F)cc1. The molecule has 0 radical (unpaired) electrons. The Hall–Kier alpha value is -3.61. The molecule has 1 aliphatic heterocycles. The Morgan fingerprint density at radius 2 is 1.86 bits per heavy atom. The van der Waals surface area contributed by atoms with Crippen molar-refractivity contribution in [2.75, 3.05) is 6.79 Å². The van der Waals surface area contributed by atoms with Gasteiger partial charge in [0.05, 0.1) is 6.21 Å². The quantitative estimate of drug-likeness (QED) is 0.555. The maximum absolute atomic E-state index is 13.2. The highest BCUT2D eigenvalue weighted by Crippen LogP contribution is 2.32. The van der Waals surface area contributed by atoms with Gasteiger partial charge in [-0.25, -0.2) is 9.82 Å². The highest BCUT2D eigenvalue weighted by Gasteiger charge is 2.16. The molecule has 0 unspecified atom stereocenters. The molecule has 0 spiro atoms. The lowest BCUT2D eigenvalue weighted by atomic mass is 10.2. The molecule has 0 saturated heterocycles. The van der Waals surface area contributed by atoms with E-state index in [-0.39, 0.29) is 18.5 Å². The summed E-state index contributed by atoms with van der Waals surface area (Å²) < 4.78 is 25.7. The van der Waals surface area contributed by atoms with Crippen LogP contribution in [0.25, 0.3) is 5.69 Å². The molecule has 28 heavy (non-hydrogen) atoms. The van der Waals surface area contributed by atoms with Gasteiger partial charge in [-0.05, 0) is 62.4 Å². The predicted octanol–water partition coefficient (Wildman–Crippen LogP) is 3.73. The van der Waals surface area contributed by atoms with Crippen molar-refractivity contribution in [2.45, 2.75) is 13.8 Å². The molecule has 1 aliphatic rings. The molecule has 0 atom stereocenters. The van der Waals surface area contributed by atoms with Crippen LogP contribution >= 0.6 is 0 Å². The number of amides is 1. The number of ether oxygens (including phenoxy) is 2. The first-order chi connectivity index (χ1) is 13.5. The molecule has 0 bridgehead atoms. The minimum Gasteiger partial charge on any atom is -0.454 e. The van der Waals surface area contributed by atoms with Crippen molar-refractivity contribution in [2.24, 2.45) is 5.10 Å². The number of carbonyl (C=O) groups excluding carboxylic acids is 1. The van der Waals surface area contributed by atoms with Gasteiger partial charge in [0, 0.05) is 28.2 Å². The van der Waals surface area contributed by atoms with Crippen LogP contribution in [0.2, 0.25) is 0 Å². The molecular formula is C21H18FN3O3. The Balaban J connectivity index is 1.50. The number of hydrogen-bond acceptors (Lipinski definition) is 4. The van der Waals surface area contributed by atoms with Gasteiger partial charge in [-0.2, -0.15) is 5.10 Å². The van der Waals surface area contributed by atoms with Crippen LogP contribution in [0.1, 0.15) is 27.3 Å². The van der Waals surface area contributed by atoms with Crippen molar-refractivity contribution in [1.82, 2.24) is 9.99 Å². The molecule has 0 aliphatic carbocycles.